The minimum atomic E-state index is -0.631. The predicted molar refractivity (Wildman–Crippen MR) is 58.5 cm³/mol. The van der Waals surface area contributed by atoms with Crippen molar-refractivity contribution in [2.24, 2.45) is 0 Å². The van der Waals surface area contributed by atoms with Crippen molar-refractivity contribution in [1.29, 1.82) is 0 Å². The SMILES string of the molecule is COc1c(CC2(O)CC2)ccc(Br)c1F. The van der Waals surface area contributed by atoms with Gasteiger partial charge < -0.3 is 9.84 Å². The molecule has 1 N–H and O–H groups in total. The maximum atomic E-state index is 13.6. The summed E-state index contributed by atoms with van der Waals surface area (Å²) in [4.78, 5) is 0. The Labute approximate surface area is 96.2 Å². The third-order valence-corrected chi connectivity index (χ3v) is 3.29. The molecule has 15 heavy (non-hydrogen) atoms. The summed E-state index contributed by atoms with van der Waals surface area (Å²) in [6, 6.07) is 3.42. The molecule has 82 valence electrons. The fourth-order valence-electron chi connectivity index (χ4n) is 1.61. The minimum Gasteiger partial charge on any atom is -0.493 e. The molecule has 0 spiro atoms. The van der Waals surface area contributed by atoms with E-state index < -0.39 is 11.4 Å². The number of hydrogen-bond donors (Lipinski definition) is 1. The second-order valence-corrected chi connectivity index (χ2v) is 4.81. The number of ether oxygens (including phenoxy) is 1. The maximum absolute atomic E-state index is 13.6. The number of rotatable bonds is 3. The second-order valence-electron chi connectivity index (χ2n) is 3.95. The van der Waals surface area contributed by atoms with Crippen LogP contribution in [0.3, 0.4) is 0 Å². The molecule has 1 aliphatic carbocycles. The summed E-state index contributed by atoms with van der Waals surface area (Å²) in [6.45, 7) is 0. The number of benzene rings is 1. The Balaban J connectivity index is 2.34. The van der Waals surface area contributed by atoms with E-state index in [2.05, 4.69) is 15.9 Å². The van der Waals surface area contributed by atoms with Gasteiger partial charge >= 0.3 is 0 Å². The van der Waals surface area contributed by atoms with Crippen LogP contribution in [-0.2, 0) is 6.42 Å². The fraction of sp³-hybridized carbons (Fsp3) is 0.455. The predicted octanol–water partition coefficient (Wildman–Crippen LogP) is 2.66. The average molecular weight is 275 g/mol. The molecule has 0 amide bonds. The lowest BCUT2D eigenvalue weighted by Gasteiger charge is -2.13. The fourth-order valence-corrected chi connectivity index (χ4v) is 1.92. The lowest BCUT2D eigenvalue weighted by Crippen LogP contribution is -2.12. The summed E-state index contributed by atoms with van der Waals surface area (Å²) in [5.74, 6) is -0.177. The average Bonchev–Trinajstić information content (AvgIpc) is 2.91. The van der Waals surface area contributed by atoms with Crippen LogP contribution in [0.25, 0.3) is 0 Å². The lowest BCUT2D eigenvalue weighted by atomic mass is 10.1. The Bertz CT molecular complexity index is 388. The van der Waals surface area contributed by atoms with Crippen LogP contribution in [0.1, 0.15) is 18.4 Å². The van der Waals surface area contributed by atoms with Gasteiger partial charge in [0, 0.05) is 12.0 Å². The van der Waals surface area contributed by atoms with E-state index in [0.717, 1.165) is 18.4 Å². The zero-order chi connectivity index (χ0) is 11.1. The van der Waals surface area contributed by atoms with Crippen molar-refractivity contribution in [3.63, 3.8) is 0 Å². The Morgan fingerprint density at radius 3 is 2.73 bits per heavy atom. The summed E-state index contributed by atoms with van der Waals surface area (Å²) in [5.41, 5.74) is 0.0892. The van der Waals surface area contributed by atoms with Crippen LogP contribution in [0.5, 0.6) is 5.75 Å². The molecule has 2 nitrogen and oxygen atoms in total. The first-order valence-corrected chi connectivity index (χ1v) is 5.58. The second kappa shape index (κ2) is 3.76. The lowest BCUT2D eigenvalue weighted by molar-refractivity contribution is 0.149. The summed E-state index contributed by atoms with van der Waals surface area (Å²) in [5, 5.41) is 9.77. The molecule has 1 aliphatic rings. The number of aliphatic hydroxyl groups is 1. The third kappa shape index (κ3) is 2.16. The molecule has 0 saturated heterocycles. The van der Waals surface area contributed by atoms with Crippen molar-refractivity contribution in [3.8, 4) is 5.75 Å². The topological polar surface area (TPSA) is 29.5 Å². The van der Waals surface area contributed by atoms with Gasteiger partial charge in [0.1, 0.15) is 0 Å². The van der Waals surface area contributed by atoms with E-state index >= 15 is 0 Å². The Hall–Kier alpha value is -0.610. The van der Waals surface area contributed by atoms with Crippen molar-refractivity contribution in [3.05, 3.63) is 28.0 Å². The standard InChI is InChI=1S/C11H12BrFO2/c1-15-10-7(6-11(14)4-5-11)2-3-8(12)9(10)13/h2-3,14H,4-6H2,1H3. The largest absolute Gasteiger partial charge is 0.493 e. The van der Waals surface area contributed by atoms with Gasteiger partial charge in [0.05, 0.1) is 17.2 Å². The summed E-state index contributed by atoms with van der Waals surface area (Å²) < 4.78 is 19.0. The van der Waals surface area contributed by atoms with E-state index in [1.807, 2.05) is 0 Å². The molecule has 0 radical (unpaired) electrons. The highest BCUT2D eigenvalue weighted by molar-refractivity contribution is 9.10. The highest BCUT2D eigenvalue weighted by Crippen LogP contribution is 2.41. The van der Waals surface area contributed by atoms with Crippen molar-refractivity contribution in [1.82, 2.24) is 0 Å². The van der Waals surface area contributed by atoms with Gasteiger partial charge in [0.25, 0.3) is 0 Å². The summed E-state index contributed by atoms with van der Waals surface area (Å²) >= 11 is 3.10. The maximum Gasteiger partial charge on any atom is 0.179 e. The molecular formula is C11H12BrFO2. The molecular weight excluding hydrogens is 263 g/mol. The van der Waals surface area contributed by atoms with E-state index in [-0.39, 0.29) is 5.75 Å². The molecule has 1 aromatic carbocycles. The highest BCUT2D eigenvalue weighted by atomic mass is 79.9. The van der Waals surface area contributed by atoms with Crippen LogP contribution in [-0.4, -0.2) is 17.8 Å². The first-order valence-electron chi connectivity index (χ1n) is 4.79. The van der Waals surface area contributed by atoms with E-state index in [1.54, 1.807) is 12.1 Å². The minimum absolute atomic E-state index is 0.227. The molecule has 1 fully saturated rings. The molecule has 4 heteroatoms. The Morgan fingerprint density at radius 2 is 2.20 bits per heavy atom. The van der Waals surface area contributed by atoms with Gasteiger partial charge in [0.15, 0.2) is 11.6 Å². The molecule has 2 rings (SSSR count). The van der Waals surface area contributed by atoms with E-state index in [1.165, 1.54) is 7.11 Å². The molecule has 0 atom stereocenters. The molecule has 1 aromatic rings. The van der Waals surface area contributed by atoms with Crippen molar-refractivity contribution < 1.29 is 14.2 Å². The molecule has 1 saturated carbocycles. The summed E-state index contributed by atoms with van der Waals surface area (Å²) in [7, 11) is 1.44. The molecule has 0 aromatic heterocycles. The van der Waals surface area contributed by atoms with Crippen LogP contribution in [0.2, 0.25) is 0 Å². The normalized spacial score (nSPS) is 17.6. The third-order valence-electron chi connectivity index (χ3n) is 2.68. The molecule has 0 unspecified atom stereocenters. The van der Waals surface area contributed by atoms with Crippen LogP contribution < -0.4 is 4.74 Å². The zero-order valence-electron chi connectivity index (χ0n) is 8.39. The van der Waals surface area contributed by atoms with Gasteiger partial charge in [-0.2, -0.15) is 0 Å². The summed E-state index contributed by atoms with van der Waals surface area (Å²) in [6.07, 6.45) is 2.03. The smallest absolute Gasteiger partial charge is 0.179 e. The Morgan fingerprint density at radius 1 is 1.53 bits per heavy atom. The molecule has 0 bridgehead atoms. The zero-order valence-corrected chi connectivity index (χ0v) is 9.97. The first kappa shape index (κ1) is 10.9. The van der Waals surface area contributed by atoms with Crippen molar-refractivity contribution in [2.45, 2.75) is 24.9 Å². The van der Waals surface area contributed by atoms with Crippen LogP contribution in [0, 0.1) is 5.82 Å². The number of hydrogen-bond acceptors (Lipinski definition) is 2. The van der Waals surface area contributed by atoms with Gasteiger partial charge in [-0.15, -0.1) is 0 Å². The Kier molecular flexibility index (Phi) is 2.73. The van der Waals surface area contributed by atoms with Crippen molar-refractivity contribution >= 4 is 15.9 Å². The van der Waals surface area contributed by atoms with Gasteiger partial charge in [-0.3, -0.25) is 0 Å². The number of halogens is 2. The highest BCUT2D eigenvalue weighted by Gasteiger charge is 2.41. The van der Waals surface area contributed by atoms with Crippen LogP contribution in [0.4, 0.5) is 4.39 Å². The van der Waals surface area contributed by atoms with E-state index in [4.69, 9.17) is 4.74 Å². The van der Waals surface area contributed by atoms with Crippen LogP contribution >= 0.6 is 15.9 Å². The van der Waals surface area contributed by atoms with Gasteiger partial charge in [-0.1, -0.05) is 6.07 Å². The first-order chi connectivity index (χ1) is 7.06. The molecule has 0 aliphatic heterocycles. The number of methoxy groups -OCH3 is 1. The van der Waals surface area contributed by atoms with Gasteiger partial charge in [-0.05, 0) is 34.8 Å². The van der Waals surface area contributed by atoms with Gasteiger partial charge in [-0.25, -0.2) is 4.39 Å². The quantitative estimate of drug-likeness (QED) is 0.919. The van der Waals surface area contributed by atoms with Crippen molar-refractivity contribution in [2.75, 3.05) is 7.11 Å². The van der Waals surface area contributed by atoms with Crippen LogP contribution in [0.15, 0.2) is 16.6 Å². The monoisotopic (exact) mass is 274 g/mol. The molecule has 0 heterocycles. The van der Waals surface area contributed by atoms with E-state index in [0.29, 0.717) is 10.9 Å². The van der Waals surface area contributed by atoms with E-state index in [9.17, 15) is 9.50 Å². The van der Waals surface area contributed by atoms with Gasteiger partial charge in [0.2, 0.25) is 0 Å².